The lowest BCUT2D eigenvalue weighted by Crippen LogP contribution is -2.34. The fraction of sp³-hybridized carbons (Fsp3) is 0.857. The third-order valence-corrected chi connectivity index (χ3v) is 1.31. The lowest BCUT2D eigenvalue weighted by atomic mass is 9.91. The van der Waals surface area contributed by atoms with Crippen LogP contribution in [0.25, 0.3) is 0 Å². The first-order valence-corrected chi connectivity index (χ1v) is 4.02. The van der Waals surface area contributed by atoms with Gasteiger partial charge in [-0.2, -0.15) is 0 Å². The van der Waals surface area contributed by atoms with Crippen LogP contribution in [0.3, 0.4) is 0 Å². The molecule has 0 unspecified atom stereocenters. The van der Waals surface area contributed by atoms with E-state index in [9.17, 15) is 4.79 Å². The van der Waals surface area contributed by atoms with Gasteiger partial charge >= 0.3 is 7.41 Å². The van der Waals surface area contributed by atoms with Crippen molar-refractivity contribution in [1.29, 1.82) is 0 Å². The summed E-state index contributed by atoms with van der Waals surface area (Å²) >= 11 is 0. The first-order chi connectivity index (χ1) is 5.20. The zero-order valence-corrected chi connectivity index (χ0v) is 7.21. The maximum atomic E-state index is 10.3. The highest BCUT2D eigenvalue weighted by Crippen LogP contribution is 1.91. The average molecular weight is 156 g/mol. The number of rotatable bonds is 6. The Bertz CT molecular complexity index is 113. The summed E-state index contributed by atoms with van der Waals surface area (Å²) in [6, 6.07) is 0. The fourth-order valence-electron chi connectivity index (χ4n) is 0.972. The SMILES string of the molecule is CCCN([B]C(=O)O)CCC. The third-order valence-electron chi connectivity index (χ3n) is 1.31. The predicted octanol–water partition coefficient (Wildman–Crippen LogP) is 1.41. The topological polar surface area (TPSA) is 40.5 Å². The Morgan fingerprint density at radius 2 is 1.82 bits per heavy atom. The highest BCUT2D eigenvalue weighted by atomic mass is 16.4. The van der Waals surface area contributed by atoms with Gasteiger partial charge in [0.05, 0.1) is 0 Å². The van der Waals surface area contributed by atoms with Gasteiger partial charge in [0.15, 0.2) is 0 Å². The summed E-state index contributed by atoms with van der Waals surface area (Å²) in [5.41, 5.74) is 0. The number of nitrogens with zero attached hydrogens (tertiary/aromatic N) is 1. The second-order valence-corrected chi connectivity index (χ2v) is 2.50. The molecule has 0 aromatic carbocycles. The van der Waals surface area contributed by atoms with Gasteiger partial charge in [-0.3, -0.25) is 4.79 Å². The molecule has 0 heterocycles. The minimum atomic E-state index is -0.855. The van der Waals surface area contributed by atoms with Crippen molar-refractivity contribution in [2.24, 2.45) is 0 Å². The summed E-state index contributed by atoms with van der Waals surface area (Å²) in [4.78, 5) is 12.1. The van der Waals surface area contributed by atoms with Crippen molar-refractivity contribution in [3.05, 3.63) is 0 Å². The summed E-state index contributed by atoms with van der Waals surface area (Å²) in [7, 11) is 1.26. The lowest BCUT2D eigenvalue weighted by Gasteiger charge is -2.16. The highest BCUT2D eigenvalue weighted by Gasteiger charge is 2.09. The number of carbonyl (C=O) groups is 1. The zero-order valence-electron chi connectivity index (χ0n) is 7.21. The molecule has 0 aromatic rings. The van der Waals surface area contributed by atoms with Crippen LogP contribution in [0.5, 0.6) is 0 Å². The molecule has 3 nitrogen and oxygen atoms in total. The van der Waals surface area contributed by atoms with Crippen LogP contribution in [-0.2, 0) is 0 Å². The molecule has 0 fully saturated rings. The van der Waals surface area contributed by atoms with Gasteiger partial charge in [-0.1, -0.05) is 13.8 Å². The smallest absolute Gasteiger partial charge is 0.357 e. The van der Waals surface area contributed by atoms with Crippen LogP contribution in [0.1, 0.15) is 26.7 Å². The van der Waals surface area contributed by atoms with E-state index in [0.29, 0.717) is 0 Å². The molecular weight excluding hydrogens is 141 g/mol. The first kappa shape index (κ1) is 10.5. The molecule has 0 saturated heterocycles. The zero-order chi connectivity index (χ0) is 8.69. The Labute approximate surface area is 68.7 Å². The Balaban J connectivity index is 3.59. The summed E-state index contributed by atoms with van der Waals surface area (Å²) in [6.45, 7) is 5.75. The van der Waals surface area contributed by atoms with Gasteiger partial charge in [0, 0.05) is 0 Å². The molecule has 0 bridgehead atoms. The maximum Gasteiger partial charge on any atom is 0.357 e. The Morgan fingerprint density at radius 3 is 2.09 bits per heavy atom. The van der Waals surface area contributed by atoms with E-state index in [1.54, 1.807) is 0 Å². The molecule has 4 heteroatoms. The lowest BCUT2D eigenvalue weighted by molar-refractivity contribution is 0.217. The maximum absolute atomic E-state index is 10.3. The first-order valence-electron chi connectivity index (χ1n) is 4.02. The number of hydrogen-bond donors (Lipinski definition) is 1. The predicted molar refractivity (Wildman–Crippen MR) is 45.9 cm³/mol. The van der Waals surface area contributed by atoms with E-state index in [1.165, 1.54) is 7.41 Å². The van der Waals surface area contributed by atoms with E-state index < -0.39 is 5.87 Å². The van der Waals surface area contributed by atoms with Gasteiger partial charge in [-0.05, 0) is 25.9 Å². The van der Waals surface area contributed by atoms with Gasteiger partial charge in [-0.15, -0.1) is 0 Å². The number of carboxylic acid groups (broad SMARTS) is 1. The van der Waals surface area contributed by atoms with E-state index in [4.69, 9.17) is 5.11 Å². The Hall–Kier alpha value is -0.505. The molecule has 0 aliphatic rings. The van der Waals surface area contributed by atoms with Crippen molar-refractivity contribution >= 4 is 13.3 Å². The van der Waals surface area contributed by atoms with Gasteiger partial charge in [0.2, 0.25) is 0 Å². The second kappa shape index (κ2) is 6.22. The molecule has 1 N–H and O–H groups in total. The minimum absolute atomic E-state index is 0.833. The second-order valence-electron chi connectivity index (χ2n) is 2.50. The highest BCUT2D eigenvalue weighted by molar-refractivity contribution is 6.69. The van der Waals surface area contributed by atoms with Crippen LogP contribution < -0.4 is 0 Å². The monoisotopic (exact) mass is 156 g/mol. The van der Waals surface area contributed by atoms with Crippen LogP contribution in [-0.4, -0.2) is 36.3 Å². The van der Waals surface area contributed by atoms with E-state index >= 15 is 0 Å². The summed E-state index contributed by atoms with van der Waals surface area (Å²) < 4.78 is 0. The van der Waals surface area contributed by atoms with Crippen molar-refractivity contribution < 1.29 is 9.90 Å². The van der Waals surface area contributed by atoms with Crippen LogP contribution in [0.2, 0.25) is 0 Å². The van der Waals surface area contributed by atoms with Gasteiger partial charge in [0.25, 0.3) is 5.87 Å². The van der Waals surface area contributed by atoms with Crippen LogP contribution in [0.4, 0.5) is 4.79 Å². The van der Waals surface area contributed by atoms with Gasteiger partial charge in [-0.25, -0.2) is 0 Å². The largest absolute Gasteiger partial charge is 0.488 e. The van der Waals surface area contributed by atoms with Crippen molar-refractivity contribution in [2.75, 3.05) is 13.1 Å². The van der Waals surface area contributed by atoms with Crippen molar-refractivity contribution in [1.82, 2.24) is 4.81 Å². The van der Waals surface area contributed by atoms with Crippen molar-refractivity contribution in [2.45, 2.75) is 26.7 Å². The summed E-state index contributed by atoms with van der Waals surface area (Å²) in [5, 5.41) is 8.44. The quantitative estimate of drug-likeness (QED) is 0.591. The molecule has 0 spiro atoms. The van der Waals surface area contributed by atoms with Gasteiger partial charge in [0.1, 0.15) is 0 Å². The molecule has 1 radical (unpaired) electrons. The summed E-state index contributed by atoms with van der Waals surface area (Å²) in [5.74, 6) is -0.855. The molecule has 11 heavy (non-hydrogen) atoms. The molecule has 0 aromatic heterocycles. The summed E-state index contributed by atoms with van der Waals surface area (Å²) in [6.07, 6.45) is 1.98. The minimum Gasteiger partial charge on any atom is -0.488 e. The molecule has 0 aliphatic carbocycles. The Morgan fingerprint density at radius 1 is 1.36 bits per heavy atom. The normalized spacial score (nSPS) is 10.1. The average Bonchev–Trinajstić information content (AvgIpc) is 1.87. The van der Waals surface area contributed by atoms with Gasteiger partial charge < -0.3 is 9.92 Å². The third kappa shape index (κ3) is 5.92. The molecule has 0 aliphatic heterocycles. The number of hydrogen-bond acceptors (Lipinski definition) is 2. The van der Waals surface area contributed by atoms with E-state index in [-0.39, 0.29) is 0 Å². The molecule has 0 amide bonds. The van der Waals surface area contributed by atoms with Crippen LogP contribution in [0.15, 0.2) is 0 Å². The van der Waals surface area contributed by atoms with Crippen LogP contribution >= 0.6 is 0 Å². The van der Waals surface area contributed by atoms with E-state index in [0.717, 1.165) is 25.9 Å². The van der Waals surface area contributed by atoms with Crippen LogP contribution in [0, 0.1) is 0 Å². The fourth-order valence-corrected chi connectivity index (χ4v) is 0.972. The van der Waals surface area contributed by atoms with Crippen molar-refractivity contribution in [3.8, 4) is 0 Å². The molecular formula is C7H15BNO2. The standard InChI is InChI=1S/C7H15BNO2/c1-3-5-9(6-4-2)8-7(10)11/h3-6H2,1-2H3,(H,10,11). The molecule has 0 saturated carbocycles. The molecule has 0 atom stereocenters. The van der Waals surface area contributed by atoms with E-state index in [1.807, 2.05) is 18.7 Å². The van der Waals surface area contributed by atoms with Crippen molar-refractivity contribution in [3.63, 3.8) is 0 Å². The molecule has 0 rings (SSSR count). The Kier molecular flexibility index (Phi) is 5.94. The molecule has 63 valence electrons. The van der Waals surface area contributed by atoms with E-state index in [2.05, 4.69) is 0 Å².